The molecule has 0 aliphatic carbocycles. The molecule has 4 aromatic rings. The average Bonchev–Trinajstić information content (AvgIpc) is 3.30. The molecule has 0 aliphatic rings. The van der Waals surface area contributed by atoms with Gasteiger partial charge in [-0.2, -0.15) is 4.98 Å². The quantitative estimate of drug-likeness (QED) is 0.479. The van der Waals surface area contributed by atoms with E-state index in [1.54, 1.807) is 12.1 Å². The van der Waals surface area contributed by atoms with Crippen molar-refractivity contribution in [1.29, 1.82) is 0 Å². The fourth-order valence-corrected chi connectivity index (χ4v) is 2.74. The fraction of sp³-hybridized carbons (Fsp3) is 0.111. The standard InChI is InChI=1S/C18H12BrFN4O2/c19-12-6-7-13(14(20)10-12)17-21-15(26-24-17)8-9-16-22-23-18(25-16)11-4-2-1-3-5-11/h1-7,10H,8-9H2. The maximum absolute atomic E-state index is 14.0. The van der Waals surface area contributed by atoms with E-state index in [1.165, 1.54) is 6.07 Å². The number of aromatic nitrogens is 4. The van der Waals surface area contributed by atoms with Crippen molar-refractivity contribution in [2.75, 3.05) is 0 Å². The van der Waals surface area contributed by atoms with Gasteiger partial charge in [0.1, 0.15) is 5.82 Å². The maximum atomic E-state index is 14.0. The van der Waals surface area contributed by atoms with E-state index in [2.05, 4.69) is 36.3 Å². The van der Waals surface area contributed by atoms with Crippen LogP contribution in [-0.4, -0.2) is 20.3 Å². The predicted octanol–water partition coefficient (Wildman–Crippen LogP) is 4.47. The molecule has 0 unspecified atom stereocenters. The van der Waals surface area contributed by atoms with Crippen molar-refractivity contribution in [2.24, 2.45) is 0 Å². The van der Waals surface area contributed by atoms with Crippen LogP contribution < -0.4 is 0 Å². The first-order valence-corrected chi connectivity index (χ1v) is 8.64. The molecular weight excluding hydrogens is 403 g/mol. The number of aryl methyl sites for hydroxylation is 2. The molecule has 0 amide bonds. The highest BCUT2D eigenvalue weighted by Gasteiger charge is 2.15. The van der Waals surface area contributed by atoms with Gasteiger partial charge >= 0.3 is 0 Å². The van der Waals surface area contributed by atoms with Crippen LogP contribution in [0.15, 0.2) is 61.9 Å². The highest BCUT2D eigenvalue weighted by Crippen LogP contribution is 2.23. The minimum absolute atomic E-state index is 0.209. The molecule has 8 heteroatoms. The first-order chi connectivity index (χ1) is 12.7. The van der Waals surface area contributed by atoms with Crippen LogP contribution >= 0.6 is 15.9 Å². The minimum Gasteiger partial charge on any atom is -0.421 e. The van der Waals surface area contributed by atoms with Gasteiger partial charge in [0.2, 0.25) is 23.5 Å². The Labute approximate surface area is 156 Å². The van der Waals surface area contributed by atoms with Crippen LogP contribution in [0, 0.1) is 5.82 Å². The van der Waals surface area contributed by atoms with Crippen molar-refractivity contribution in [1.82, 2.24) is 20.3 Å². The van der Waals surface area contributed by atoms with Crippen LogP contribution in [0.5, 0.6) is 0 Å². The molecule has 130 valence electrons. The zero-order valence-corrected chi connectivity index (χ0v) is 15.0. The van der Waals surface area contributed by atoms with Gasteiger partial charge in [0, 0.05) is 22.9 Å². The summed E-state index contributed by atoms with van der Waals surface area (Å²) in [7, 11) is 0. The van der Waals surface area contributed by atoms with E-state index >= 15 is 0 Å². The maximum Gasteiger partial charge on any atom is 0.247 e. The summed E-state index contributed by atoms with van der Waals surface area (Å²) in [5, 5.41) is 11.9. The number of halogens is 2. The van der Waals surface area contributed by atoms with E-state index in [-0.39, 0.29) is 11.4 Å². The molecule has 0 aliphatic heterocycles. The molecule has 0 N–H and O–H groups in total. The third-order valence-corrected chi connectivity index (χ3v) is 4.17. The molecule has 0 saturated heterocycles. The zero-order chi connectivity index (χ0) is 17.9. The lowest BCUT2D eigenvalue weighted by atomic mass is 10.2. The van der Waals surface area contributed by atoms with Crippen molar-refractivity contribution in [3.05, 3.63) is 70.6 Å². The van der Waals surface area contributed by atoms with Crippen LogP contribution in [0.4, 0.5) is 4.39 Å². The van der Waals surface area contributed by atoms with E-state index < -0.39 is 5.82 Å². The third-order valence-electron chi connectivity index (χ3n) is 3.68. The van der Waals surface area contributed by atoms with Crippen LogP contribution in [0.2, 0.25) is 0 Å². The fourth-order valence-electron chi connectivity index (χ4n) is 2.40. The smallest absolute Gasteiger partial charge is 0.247 e. The number of benzene rings is 2. The summed E-state index contributed by atoms with van der Waals surface area (Å²) in [5.74, 6) is 1.10. The topological polar surface area (TPSA) is 77.8 Å². The number of hydrogen-bond acceptors (Lipinski definition) is 6. The molecule has 2 heterocycles. The van der Waals surface area contributed by atoms with Crippen LogP contribution in [0.25, 0.3) is 22.8 Å². The number of nitrogens with zero attached hydrogens (tertiary/aromatic N) is 4. The van der Waals surface area contributed by atoms with Crippen molar-refractivity contribution in [3.63, 3.8) is 0 Å². The van der Waals surface area contributed by atoms with Crippen molar-refractivity contribution < 1.29 is 13.3 Å². The molecule has 0 saturated carbocycles. The molecule has 0 atom stereocenters. The van der Waals surface area contributed by atoms with Gasteiger partial charge in [-0.25, -0.2) is 4.39 Å². The largest absolute Gasteiger partial charge is 0.421 e. The Morgan fingerprint density at radius 3 is 2.58 bits per heavy atom. The summed E-state index contributed by atoms with van der Waals surface area (Å²) in [4.78, 5) is 4.23. The summed E-state index contributed by atoms with van der Waals surface area (Å²) < 4.78 is 25.4. The van der Waals surface area contributed by atoms with Gasteiger partial charge in [-0.1, -0.05) is 39.3 Å². The van der Waals surface area contributed by atoms with E-state index in [1.807, 2.05) is 30.3 Å². The predicted molar refractivity (Wildman–Crippen MR) is 94.5 cm³/mol. The molecular formula is C18H12BrFN4O2. The summed E-state index contributed by atoms with van der Waals surface area (Å²) in [6, 6.07) is 14.2. The first-order valence-electron chi connectivity index (χ1n) is 7.85. The summed E-state index contributed by atoms with van der Waals surface area (Å²) in [5.41, 5.74) is 1.14. The first kappa shape index (κ1) is 16.6. The van der Waals surface area contributed by atoms with E-state index in [4.69, 9.17) is 8.94 Å². The van der Waals surface area contributed by atoms with E-state index in [0.29, 0.717) is 35.0 Å². The Hall–Kier alpha value is -2.87. The molecule has 6 nitrogen and oxygen atoms in total. The van der Waals surface area contributed by atoms with E-state index in [9.17, 15) is 4.39 Å². The summed E-state index contributed by atoms with van der Waals surface area (Å²) >= 11 is 3.22. The van der Waals surface area contributed by atoms with Gasteiger partial charge in [0.05, 0.1) is 5.56 Å². The molecule has 2 aromatic carbocycles. The lowest BCUT2D eigenvalue weighted by Gasteiger charge is -1.97. The SMILES string of the molecule is Fc1cc(Br)ccc1-c1noc(CCc2nnc(-c3ccccc3)o2)n1. The van der Waals surface area contributed by atoms with Gasteiger partial charge in [-0.3, -0.25) is 0 Å². The second-order valence-electron chi connectivity index (χ2n) is 5.50. The normalized spacial score (nSPS) is 11.0. The summed E-state index contributed by atoms with van der Waals surface area (Å²) in [6.07, 6.45) is 0.867. The molecule has 0 spiro atoms. The van der Waals surface area contributed by atoms with Gasteiger partial charge in [-0.05, 0) is 30.3 Å². The Morgan fingerprint density at radius 1 is 0.962 bits per heavy atom. The van der Waals surface area contributed by atoms with Crippen LogP contribution in [0.3, 0.4) is 0 Å². The number of rotatable bonds is 5. The lowest BCUT2D eigenvalue weighted by molar-refractivity contribution is 0.373. The Morgan fingerprint density at radius 2 is 1.77 bits per heavy atom. The summed E-state index contributed by atoms with van der Waals surface area (Å²) in [6.45, 7) is 0. The molecule has 0 fully saturated rings. The van der Waals surface area contributed by atoms with E-state index in [0.717, 1.165) is 5.56 Å². The lowest BCUT2D eigenvalue weighted by Crippen LogP contribution is -1.92. The van der Waals surface area contributed by atoms with Gasteiger partial charge in [-0.15, -0.1) is 10.2 Å². The Bertz CT molecular complexity index is 1030. The monoisotopic (exact) mass is 414 g/mol. The zero-order valence-electron chi connectivity index (χ0n) is 13.4. The Balaban J connectivity index is 1.45. The highest BCUT2D eigenvalue weighted by molar-refractivity contribution is 9.10. The highest BCUT2D eigenvalue weighted by atomic mass is 79.9. The van der Waals surface area contributed by atoms with Crippen molar-refractivity contribution in [2.45, 2.75) is 12.8 Å². The van der Waals surface area contributed by atoms with Crippen LogP contribution in [-0.2, 0) is 12.8 Å². The Kier molecular flexibility index (Phi) is 4.57. The van der Waals surface area contributed by atoms with Gasteiger partial charge in [0.15, 0.2) is 0 Å². The molecule has 0 radical (unpaired) electrons. The second kappa shape index (κ2) is 7.17. The van der Waals surface area contributed by atoms with Crippen molar-refractivity contribution >= 4 is 15.9 Å². The molecule has 26 heavy (non-hydrogen) atoms. The number of hydrogen-bond donors (Lipinski definition) is 0. The molecule has 2 aromatic heterocycles. The van der Waals surface area contributed by atoms with Crippen molar-refractivity contribution in [3.8, 4) is 22.8 Å². The second-order valence-corrected chi connectivity index (χ2v) is 6.42. The third kappa shape index (κ3) is 3.55. The van der Waals surface area contributed by atoms with Gasteiger partial charge in [0.25, 0.3) is 0 Å². The average molecular weight is 415 g/mol. The molecule has 0 bridgehead atoms. The van der Waals surface area contributed by atoms with Crippen LogP contribution in [0.1, 0.15) is 11.8 Å². The molecule has 4 rings (SSSR count). The minimum atomic E-state index is -0.420. The van der Waals surface area contributed by atoms with Gasteiger partial charge < -0.3 is 8.94 Å².